The molecule has 0 saturated heterocycles. The van der Waals surface area contributed by atoms with Gasteiger partial charge in [-0.1, -0.05) is 5.16 Å². The summed E-state index contributed by atoms with van der Waals surface area (Å²) in [6.45, 7) is 3.15. The summed E-state index contributed by atoms with van der Waals surface area (Å²) in [6, 6.07) is 11.4. The quantitative estimate of drug-likeness (QED) is 0.634. The van der Waals surface area contributed by atoms with Crippen molar-refractivity contribution in [1.29, 1.82) is 10.5 Å². The molecule has 0 aliphatic carbocycles. The fraction of sp³-hybridized carbons (Fsp3) is 0.421. The summed E-state index contributed by atoms with van der Waals surface area (Å²) in [5.41, 5.74) is 0.796. The van der Waals surface area contributed by atoms with Gasteiger partial charge in [-0.25, -0.2) is 0 Å². The predicted octanol–water partition coefficient (Wildman–Crippen LogP) is 2.72. The van der Waals surface area contributed by atoms with Gasteiger partial charge >= 0.3 is 0 Å². The van der Waals surface area contributed by atoms with Gasteiger partial charge in [0.25, 0.3) is 0 Å². The van der Waals surface area contributed by atoms with E-state index in [1.54, 1.807) is 0 Å². The summed E-state index contributed by atoms with van der Waals surface area (Å²) >= 11 is 0. The Kier molecular flexibility index (Phi) is 7.80. The number of carbonyl (C=O) groups is 1. The molecule has 8 heteroatoms. The number of rotatable bonds is 10. The Morgan fingerprint density at radius 1 is 1.19 bits per heavy atom. The van der Waals surface area contributed by atoms with Crippen LogP contribution in [0.5, 0.6) is 5.75 Å². The molecule has 0 saturated carbocycles. The molecular formula is C19H21N5O3. The molecule has 0 radical (unpaired) electrons. The lowest BCUT2D eigenvalue weighted by Gasteiger charge is -2.19. The summed E-state index contributed by atoms with van der Waals surface area (Å²) in [4.78, 5) is 18.1. The lowest BCUT2D eigenvalue weighted by molar-refractivity contribution is -0.131. The van der Waals surface area contributed by atoms with E-state index in [2.05, 4.69) is 10.1 Å². The minimum absolute atomic E-state index is 0.138. The van der Waals surface area contributed by atoms with E-state index in [0.717, 1.165) is 11.3 Å². The Balaban J connectivity index is 1.93. The zero-order valence-corrected chi connectivity index (χ0v) is 15.2. The molecule has 0 fully saturated rings. The van der Waals surface area contributed by atoms with Gasteiger partial charge < -0.3 is 14.2 Å². The van der Waals surface area contributed by atoms with E-state index < -0.39 is 0 Å². The fourth-order valence-electron chi connectivity index (χ4n) is 2.44. The number of amides is 1. The summed E-state index contributed by atoms with van der Waals surface area (Å²) < 4.78 is 10.6. The highest BCUT2D eigenvalue weighted by Crippen LogP contribution is 2.20. The van der Waals surface area contributed by atoms with E-state index in [1.165, 1.54) is 4.90 Å². The van der Waals surface area contributed by atoms with Gasteiger partial charge in [0.05, 0.1) is 31.6 Å². The average Bonchev–Trinajstić information content (AvgIpc) is 3.16. The molecule has 27 heavy (non-hydrogen) atoms. The Morgan fingerprint density at radius 3 is 2.44 bits per heavy atom. The van der Waals surface area contributed by atoms with Crippen molar-refractivity contribution in [3.05, 3.63) is 30.2 Å². The maximum Gasteiger partial charge on any atom is 0.227 e. The maximum atomic E-state index is 12.3. The highest BCUT2D eigenvalue weighted by atomic mass is 16.5. The molecule has 0 bridgehead atoms. The number of benzene rings is 1. The molecule has 0 N–H and O–H groups in total. The first-order valence-electron chi connectivity index (χ1n) is 8.75. The van der Waals surface area contributed by atoms with Crippen LogP contribution in [0.3, 0.4) is 0 Å². The van der Waals surface area contributed by atoms with Crippen LogP contribution in [0.4, 0.5) is 0 Å². The molecule has 0 aliphatic rings. The second-order valence-electron chi connectivity index (χ2n) is 5.67. The van der Waals surface area contributed by atoms with E-state index in [4.69, 9.17) is 19.8 Å². The Labute approximate surface area is 158 Å². The zero-order valence-electron chi connectivity index (χ0n) is 15.2. The average molecular weight is 367 g/mol. The minimum atomic E-state index is -0.138. The van der Waals surface area contributed by atoms with Crippen molar-refractivity contribution in [3.8, 4) is 29.3 Å². The number of ether oxygens (including phenoxy) is 1. The predicted molar refractivity (Wildman–Crippen MR) is 96.3 cm³/mol. The van der Waals surface area contributed by atoms with Crippen LogP contribution in [0, 0.1) is 22.7 Å². The number of hydrogen-bond donors (Lipinski definition) is 0. The van der Waals surface area contributed by atoms with Crippen molar-refractivity contribution in [3.63, 3.8) is 0 Å². The molecule has 2 rings (SSSR count). The van der Waals surface area contributed by atoms with E-state index in [-0.39, 0.29) is 25.2 Å². The molecule has 0 spiro atoms. The first-order valence-corrected chi connectivity index (χ1v) is 8.75. The van der Waals surface area contributed by atoms with Crippen LogP contribution in [0.25, 0.3) is 11.4 Å². The van der Waals surface area contributed by atoms with Crippen LogP contribution in [0.2, 0.25) is 0 Å². The third-order valence-electron chi connectivity index (χ3n) is 3.78. The van der Waals surface area contributed by atoms with Crippen molar-refractivity contribution in [2.24, 2.45) is 0 Å². The molecule has 0 aliphatic heterocycles. The van der Waals surface area contributed by atoms with Gasteiger partial charge in [-0.05, 0) is 31.2 Å². The minimum Gasteiger partial charge on any atom is -0.494 e. The van der Waals surface area contributed by atoms with Gasteiger partial charge in [0.1, 0.15) is 5.75 Å². The number of hydrogen-bond acceptors (Lipinski definition) is 7. The van der Waals surface area contributed by atoms with Crippen LogP contribution in [-0.2, 0) is 11.2 Å². The smallest absolute Gasteiger partial charge is 0.227 e. The summed E-state index contributed by atoms with van der Waals surface area (Å²) in [7, 11) is 0. The second kappa shape index (κ2) is 10.6. The third-order valence-corrected chi connectivity index (χ3v) is 3.78. The van der Waals surface area contributed by atoms with Crippen LogP contribution >= 0.6 is 0 Å². The van der Waals surface area contributed by atoms with Gasteiger partial charge in [-0.2, -0.15) is 15.5 Å². The van der Waals surface area contributed by atoms with Crippen molar-refractivity contribution < 1.29 is 14.1 Å². The molecule has 140 valence electrons. The topological polar surface area (TPSA) is 116 Å². The lowest BCUT2D eigenvalue weighted by atomic mass is 10.2. The third kappa shape index (κ3) is 6.12. The van der Waals surface area contributed by atoms with Gasteiger partial charge in [0.15, 0.2) is 0 Å². The SMILES string of the molecule is CCOc1ccc(-c2noc(CCC(=O)N(CCC#N)CCC#N)n2)cc1. The number of aryl methyl sites for hydroxylation is 1. The van der Waals surface area contributed by atoms with Gasteiger partial charge in [0.2, 0.25) is 17.6 Å². The zero-order chi connectivity index (χ0) is 19.5. The molecule has 1 amide bonds. The van der Waals surface area contributed by atoms with E-state index in [9.17, 15) is 4.79 Å². The van der Waals surface area contributed by atoms with Gasteiger partial charge in [-0.3, -0.25) is 4.79 Å². The van der Waals surface area contributed by atoms with Crippen LogP contribution in [-0.4, -0.2) is 40.6 Å². The lowest BCUT2D eigenvalue weighted by Crippen LogP contribution is -2.32. The number of nitriles is 2. The first-order chi connectivity index (χ1) is 13.2. The summed E-state index contributed by atoms with van der Waals surface area (Å²) in [5.74, 6) is 1.45. The van der Waals surface area contributed by atoms with Crippen molar-refractivity contribution >= 4 is 5.91 Å². The van der Waals surface area contributed by atoms with Crippen LogP contribution < -0.4 is 4.74 Å². The second-order valence-corrected chi connectivity index (χ2v) is 5.67. The van der Waals surface area contributed by atoms with Crippen molar-refractivity contribution in [2.45, 2.75) is 32.6 Å². The van der Waals surface area contributed by atoms with Crippen molar-refractivity contribution in [2.75, 3.05) is 19.7 Å². The van der Waals surface area contributed by atoms with Crippen LogP contribution in [0.1, 0.15) is 32.1 Å². The van der Waals surface area contributed by atoms with Crippen LogP contribution in [0.15, 0.2) is 28.8 Å². The number of carbonyl (C=O) groups excluding carboxylic acids is 1. The Bertz CT molecular complexity index is 799. The highest BCUT2D eigenvalue weighted by Gasteiger charge is 2.15. The fourth-order valence-corrected chi connectivity index (χ4v) is 2.44. The molecule has 1 heterocycles. The highest BCUT2D eigenvalue weighted by molar-refractivity contribution is 5.76. The molecule has 0 unspecified atom stereocenters. The van der Waals surface area contributed by atoms with Gasteiger partial charge in [-0.15, -0.1) is 0 Å². The normalized spacial score (nSPS) is 10.0. The van der Waals surface area contributed by atoms with E-state index >= 15 is 0 Å². The molecular weight excluding hydrogens is 346 g/mol. The molecule has 1 aromatic heterocycles. The van der Waals surface area contributed by atoms with Gasteiger partial charge in [0, 0.05) is 31.5 Å². The molecule has 2 aromatic rings. The van der Waals surface area contributed by atoms with Crippen molar-refractivity contribution in [1.82, 2.24) is 15.0 Å². The number of nitrogens with zero attached hydrogens (tertiary/aromatic N) is 5. The molecule has 1 aromatic carbocycles. The summed E-state index contributed by atoms with van der Waals surface area (Å²) in [5, 5.41) is 21.3. The van der Waals surface area contributed by atoms with E-state index in [1.807, 2.05) is 43.3 Å². The molecule has 8 nitrogen and oxygen atoms in total. The van der Waals surface area contributed by atoms with E-state index in [0.29, 0.717) is 37.8 Å². The standard InChI is InChI=1S/C19H21N5O3/c1-2-26-16-7-5-15(6-8-16)19-22-17(27-23-19)9-10-18(25)24(13-3-11-20)14-4-12-21/h5-8H,2-4,9-10,13-14H2,1H3. The monoisotopic (exact) mass is 367 g/mol. The maximum absolute atomic E-state index is 12.3. The largest absolute Gasteiger partial charge is 0.494 e. The first kappa shape index (κ1) is 19.9. The number of aromatic nitrogens is 2. The Hall–Kier alpha value is -3.39. The summed E-state index contributed by atoms with van der Waals surface area (Å²) in [6.07, 6.45) is 0.958. The Morgan fingerprint density at radius 2 is 1.85 bits per heavy atom. The molecule has 0 atom stereocenters.